The Bertz CT molecular complexity index is 1760. The van der Waals surface area contributed by atoms with Gasteiger partial charge in [-0.1, -0.05) is 73.9 Å². The number of carbonyl (C=O) groups excluding carboxylic acids is 3. The van der Waals surface area contributed by atoms with Gasteiger partial charge < -0.3 is 18.9 Å². The first kappa shape index (κ1) is 31.9. The standard InChI is InChI=1S/C36H32N2O8/c1-2-3-4-14-21-28-22-23-38(36(42)37-28)32-31(46-35(41)27-19-12-7-13-20-27)30(45-34(40)26-17-10-6-11-18-26)29(44-32)24-43-33(39)25-15-8-5-9-16-25/h5-13,15-20,22-23,29-32H,2-4,24H2,1H3/t29-,30-,31-,32-/m1/s1. The van der Waals surface area contributed by atoms with E-state index in [1.807, 2.05) is 0 Å². The molecule has 0 saturated carbocycles. The second-order valence-electron chi connectivity index (χ2n) is 10.4. The first-order valence-electron chi connectivity index (χ1n) is 14.9. The highest BCUT2D eigenvalue weighted by Crippen LogP contribution is 2.34. The number of unbranched alkanes of at least 4 members (excludes halogenated alkanes) is 2. The molecule has 4 aromatic rings. The van der Waals surface area contributed by atoms with Gasteiger partial charge in [0.2, 0.25) is 0 Å². The van der Waals surface area contributed by atoms with Crippen molar-refractivity contribution in [2.45, 2.75) is 50.7 Å². The number of carbonyl (C=O) groups is 3. The molecule has 1 saturated heterocycles. The Hall–Kier alpha value is -5.53. The van der Waals surface area contributed by atoms with E-state index < -0.39 is 48.1 Å². The molecule has 1 aliphatic rings. The van der Waals surface area contributed by atoms with Gasteiger partial charge in [-0.15, -0.1) is 0 Å². The van der Waals surface area contributed by atoms with Crippen LogP contribution in [0.1, 0.15) is 69.2 Å². The summed E-state index contributed by atoms with van der Waals surface area (Å²) in [6, 6.07) is 26.4. The fourth-order valence-corrected chi connectivity index (χ4v) is 4.78. The molecule has 0 radical (unpaired) electrons. The van der Waals surface area contributed by atoms with Crippen LogP contribution in [-0.4, -0.2) is 52.4 Å². The minimum Gasteiger partial charge on any atom is -0.459 e. The monoisotopic (exact) mass is 620 g/mol. The molecular formula is C36H32N2O8. The van der Waals surface area contributed by atoms with Crippen molar-refractivity contribution in [1.82, 2.24) is 9.55 Å². The van der Waals surface area contributed by atoms with Crippen molar-refractivity contribution in [3.8, 4) is 11.8 Å². The van der Waals surface area contributed by atoms with Gasteiger partial charge in [0, 0.05) is 12.6 Å². The smallest absolute Gasteiger partial charge is 0.350 e. The average Bonchev–Trinajstić information content (AvgIpc) is 3.42. The summed E-state index contributed by atoms with van der Waals surface area (Å²) in [5.41, 5.74) is 0.329. The lowest BCUT2D eigenvalue weighted by Gasteiger charge is -2.25. The molecule has 0 amide bonds. The predicted molar refractivity (Wildman–Crippen MR) is 167 cm³/mol. The van der Waals surface area contributed by atoms with Crippen LogP contribution in [0.2, 0.25) is 0 Å². The third-order valence-corrected chi connectivity index (χ3v) is 7.15. The molecule has 0 spiro atoms. The van der Waals surface area contributed by atoms with Gasteiger partial charge in [-0.2, -0.15) is 4.98 Å². The summed E-state index contributed by atoms with van der Waals surface area (Å²) >= 11 is 0. The van der Waals surface area contributed by atoms with E-state index in [4.69, 9.17) is 18.9 Å². The number of esters is 3. The maximum absolute atomic E-state index is 13.3. The minimum absolute atomic E-state index is 0.233. The van der Waals surface area contributed by atoms with Crippen LogP contribution in [0.3, 0.4) is 0 Å². The van der Waals surface area contributed by atoms with Crippen LogP contribution < -0.4 is 5.69 Å². The van der Waals surface area contributed by atoms with Crippen LogP contribution in [0.4, 0.5) is 0 Å². The highest BCUT2D eigenvalue weighted by molar-refractivity contribution is 5.91. The SMILES string of the molecule is CCCCC#Cc1ccn([C@@H]2O[C@H](COC(=O)c3ccccc3)[C@@H](OC(=O)c3ccccc3)[C@H]2OC(=O)c2ccccc2)c(=O)n1. The van der Waals surface area contributed by atoms with Gasteiger partial charge in [0.05, 0.1) is 16.7 Å². The fourth-order valence-electron chi connectivity index (χ4n) is 4.78. The second kappa shape index (κ2) is 15.5. The quantitative estimate of drug-likeness (QED) is 0.104. The normalized spacial score (nSPS) is 18.5. The maximum atomic E-state index is 13.3. The summed E-state index contributed by atoms with van der Waals surface area (Å²) < 4.78 is 24.7. The number of aromatic nitrogens is 2. The molecule has 46 heavy (non-hydrogen) atoms. The Morgan fingerprint density at radius 3 is 1.87 bits per heavy atom. The minimum atomic E-state index is -1.33. The second-order valence-corrected chi connectivity index (χ2v) is 10.4. The van der Waals surface area contributed by atoms with Crippen LogP contribution in [0, 0.1) is 11.8 Å². The zero-order valence-electron chi connectivity index (χ0n) is 25.1. The molecule has 0 N–H and O–H groups in total. The number of benzene rings is 3. The van der Waals surface area contributed by atoms with E-state index in [2.05, 4.69) is 23.7 Å². The molecule has 1 aromatic heterocycles. The van der Waals surface area contributed by atoms with Gasteiger partial charge in [-0.3, -0.25) is 4.57 Å². The molecule has 5 rings (SSSR count). The first-order chi connectivity index (χ1) is 22.4. The van der Waals surface area contributed by atoms with Gasteiger partial charge >= 0.3 is 23.6 Å². The van der Waals surface area contributed by atoms with E-state index in [-0.39, 0.29) is 23.4 Å². The molecule has 10 heteroatoms. The summed E-state index contributed by atoms with van der Waals surface area (Å²) in [6.45, 7) is 1.68. The van der Waals surface area contributed by atoms with Crippen molar-refractivity contribution in [3.63, 3.8) is 0 Å². The topological polar surface area (TPSA) is 123 Å². The lowest BCUT2D eigenvalue weighted by atomic mass is 10.1. The third kappa shape index (κ3) is 7.94. The Morgan fingerprint density at radius 2 is 1.33 bits per heavy atom. The van der Waals surface area contributed by atoms with Gasteiger partial charge in [-0.05, 0) is 54.8 Å². The summed E-state index contributed by atoms with van der Waals surface area (Å²) in [4.78, 5) is 56.8. The number of nitrogens with zero attached hydrogens (tertiary/aromatic N) is 2. The first-order valence-corrected chi connectivity index (χ1v) is 14.9. The highest BCUT2D eigenvalue weighted by Gasteiger charge is 2.51. The van der Waals surface area contributed by atoms with E-state index in [0.29, 0.717) is 12.0 Å². The van der Waals surface area contributed by atoms with Crippen molar-refractivity contribution < 1.29 is 33.3 Å². The fraction of sp³-hybridized carbons (Fsp3) is 0.250. The van der Waals surface area contributed by atoms with Crippen LogP contribution in [0.25, 0.3) is 0 Å². The van der Waals surface area contributed by atoms with Crippen molar-refractivity contribution >= 4 is 17.9 Å². The summed E-state index contributed by atoms with van der Waals surface area (Å²) in [5.74, 6) is 3.79. The highest BCUT2D eigenvalue weighted by atomic mass is 16.7. The zero-order valence-corrected chi connectivity index (χ0v) is 25.1. The van der Waals surface area contributed by atoms with Crippen molar-refractivity contribution in [3.05, 3.63) is 136 Å². The molecule has 0 bridgehead atoms. The number of hydrogen-bond donors (Lipinski definition) is 0. The lowest BCUT2D eigenvalue weighted by molar-refractivity contribution is -0.0639. The molecule has 10 nitrogen and oxygen atoms in total. The number of rotatable bonds is 10. The molecule has 3 aromatic carbocycles. The van der Waals surface area contributed by atoms with Crippen molar-refractivity contribution in [1.29, 1.82) is 0 Å². The third-order valence-electron chi connectivity index (χ3n) is 7.15. The van der Waals surface area contributed by atoms with Crippen LogP contribution in [0.15, 0.2) is 108 Å². The molecule has 0 unspecified atom stereocenters. The summed E-state index contributed by atoms with van der Waals surface area (Å²) in [6.07, 6.45) is -1.01. The summed E-state index contributed by atoms with van der Waals surface area (Å²) in [7, 11) is 0. The molecular weight excluding hydrogens is 588 g/mol. The van der Waals surface area contributed by atoms with Crippen LogP contribution in [-0.2, 0) is 18.9 Å². The van der Waals surface area contributed by atoms with E-state index in [0.717, 1.165) is 17.4 Å². The van der Waals surface area contributed by atoms with Gasteiger partial charge in [0.25, 0.3) is 0 Å². The van der Waals surface area contributed by atoms with E-state index >= 15 is 0 Å². The molecule has 2 heterocycles. The Morgan fingerprint density at radius 1 is 0.783 bits per heavy atom. The largest absolute Gasteiger partial charge is 0.459 e. The summed E-state index contributed by atoms with van der Waals surface area (Å²) in [5, 5.41) is 0. The number of hydrogen-bond acceptors (Lipinski definition) is 9. The zero-order chi connectivity index (χ0) is 32.3. The Labute approximate surface area is 265 Å². The molecule has 4 atom stereocenters. The van der Waals surface area contributed by atoms with Gasteiger partial charge in [0.15, 0.2) is 18.4 Å². The van der Waals surface area contributed by atoms with E-state index in [1.165, 1.54) is 6.20 Å². The predicted octanol–water partition coefficient (Wildman–Crippen LogP) is 4.99. The molecule has 1 fully saturated rings. The van der Waals surface area contributed by atoms with E-state index in [1.54, 1.807) is 97.1 Å². The van der Waals surface area contributed by atoms with Crippen molar-refractivity contribution in [2.24, 2.45) is 0 Å². The van der Waals surface area contributed by atoms with Gasteiger partial charge in [-0.25, -0.2) is 19.2 Å². The van der Waals surface area contributed by atoms with Crippen LogP contribution in [0.5, 0.6) is 0 Å². The van der Waals surface area contributed by atoms with Crippen LogP contribution >= 0.6 is 0 Å². The lowest BCUT2D eigenvalue weighted by Crippen LogP contribution is -2.42. The molecule has 0 aliphatic carbocycles. The van der Waals surface area contributed by atoms with Crippen molar-refractivity contribution in [2.75, 3.05) is 6.61 Å². The Kier molecular flexibility index (Phi) is 10.7. The maximum Gasteiger partial charge on any atom is 0.350 e. The Balaban J connectivity index is 1.49. The van der Waals surface area contributed by atoms with Gasteiger partial charge in [0.1, 0.15) is 18.4 Å². The number of ether oxygens (including phenoxy) is 4. The molecule has 234 valence electrons. The van der Waals surface area contributed by atoms with E-state index in [9.17, 15) is 19.2 Å². The molecule has 1 aliphatic heterocycles. The average molecular weight is 621 g/mol.